The van der Waals surface area contributed by atoms with Crippen molar-refractivity contribution < 1.29 is 14.7 Å². The van der Waals surface area contributed by atoms with Crippen molar-refractivity contribution >= 4 is 11.8 Å². The molecule has 2 saturated heterocycles. The lowest BCUT2D eigenvalue weighted by Crippen LogP contribution is -2.53. The quantitative estimate of drug-likeness (QED) is 0.803. The maximum atomic E-state index is 12.6. The van der Waals surface area contributed by atoms with E-state index in [0.29, 0.717) is 44.7 Å². The van der Waals surface area contributed by atoms with Gasteiger partial charge in [-0.3, -0.25) is 19.2 Å². The summed E-state index contributed by atoms with van der Waals surface area (Å²) in [5.41, 5.74) is -0.310. The van der Waals surface area contributed by atoms with Crippen molar-refractivity contribution in [2.75, 3.05) is 45.8 Å². The summed E-state index contributed by atoms with van der Waals surface area (Å²) < 4.78 is 1.73. The molecule has 8 nitrogen and oxygen atoms in total. The number of piperazine rings is 1. The normalized spacial score (nSPS) is 24.8. The van der Waals surface area contributed by atoms with Gasteiger partial charge in [-0.1, -0.05) is 0 Å². The van der Waals surface area contributed by atoms with E-state index in [2.05, 4.69) is 10.00 Å². The van der Waals surface area contributed by atoms with E-state index in [1.807, 2.05) is 11.8 Å². The molecule has 138 valence electrons. The summed E-state index contributed by atoms with van der Waals surface area (Å²) in [6.07, 6.45) is 3.92. The number of aromatic nitrogens is 2. The molecule has 3 rings (SSSR count). The molecular formula is C17H27N5O3. The van der Waals surface area contributed by atoms with E-state index < -0.39 is 5.60 Å². The monoisotopic (exact) mass is 349 g/mol. The molecule has 3 heterocycles. The van der Waals surface area contributed by atoms with Crippen LogP contribution in [0.4, 0.5) is 0 Å². The molecule has 0 bridgehead atoms. The number of hydrogen-bond acceptors (Lipinski definition) is 5. The fourth-order valence-corrected chi connectivity index (χ4v) is 3.63. The van der Waals surface area contributed by atoms with E-state index in [9.17, 15) is 14.7 Å². The van der Waals surface area contributed by atoms with Crippen LogP contribution in [0.3, 0.4) is 0 Å². The molecule has 0 saturated carbocycles. The van der Waals surface area contributed by atoms with Gasteiger partial charge in [-0.15, -0.1) is 0 Å². The van der Waals surface area contributed by atoms with Gasteiger partial charge < -0.3 is 14.9 Å². The lowest BCUT2D eigenvalue weighted by molar-refractivity contribution is -0.130. The lowest BCUT2D eigenvalue weighted by Gasteiger charge is -2.37. The van der Waals surface area contributed by atoms with Gasteiger partial charge in [0.25, 0.3) is 5.91 Å². The number of aryl methyl sites for hydroxylation is 1. The first-order chi connectivity index (χ1) is 11.9. The van der Waals surface area contributed by atoms with Crippen LogP contribution in [0, 0.1) is 0 Å². The first-order valence-corrected chi connectivity index (χ1v) is 8.92. The summed E-state index contributed by atoms with van der Waals surface area (Å²) in [5.74, 6) is 0.0284. The number of rotatable bonds is 4. The fraction of sp³-hybridized carbons (Fsp3) is 0.706. The van der Waals surface area contributed by atoms with Crippen molar-refractivity contribution in [3.8, 4) is 0 Å². The summed E-state index contributed by atoms with van der Waals surface area (Å²) >= 11 is 0. The Labute approximate surface area is 148 Å². The molecule has 0 aromatic carbocycles. The summed E-state index contributed by atoms with van der Waals surface area (Å²) in [6.45, 7) is 8.65. The fourth-order valence-electron chi connectivity index (χ4n) is 3.63. The number of likely N-dealkylation sites (tertiary alicyclic amines) is 1. The minimum atomic E-state index is -0.880. The Balaban J connectivity index is 1.54. The van der Waals surface area contributed by atoms with Crippen LogP contribution in [-0.2, 0) is 11.3 Å². The highest BCUT2D eigenvalue weighted by Crippen LogP contribution is 2.24. The van der Waals surface area contributed by atoms with Gasteiger partial charge in [-0.2, -0.15) is 5.10 Å². The number of carbonyl (C=O) groups excluding carboxylic acids is 2. The zero-order chi connectivity index (χ0) is 18.0. The van der Waals surface area contributed by atoms with Crippen molar-refractivity contribution in [3.63, 3.8) is 0 Å². The number of amides is 2. The molecule has 1 aromatic heterocycles. The standard InChI is InChI=1S/C17H27N5O3/c1-3-22-11-15(10-18-22)16(24)21-5-4-17(25,13-21)12-19-6-8-20(9-7-19)14(2)23/h10-11,25H,3-9,12-13H2,1-2H3/t17-/m0/s1. The highest BCUT2D eigenvalue weighted by molar-refractivity contribution is 5.94. The van der Waals surface area contributed by atoms with Gasteiger partial charge in [0.05, 0.1) is 23.9 Å². The average Bonchev–Trinajstić information content (AvgIpc) is 3.21. The SMILES string of the molecule is CCn1cc(C(=O)N2CC[C@](O)(CN3CCN(C(C)=O)CC3)C2)cn1. The largest absolute Gasteiger partial charge is 0.387 e. The minimum absolute atomic E-state index is 0.0722. The Hall–Kier alpha value is -1.93. The lowest BCUT2D eigenvalue weighted by atomic mass is 10.0. The minimum Gasteiger partial charge on any atom is -0.387 e. The van der Waals surface area contributed by atoms with Crippen LogP contribution in [-0.4, -0.2) is 92.8 Å². The Kier molecular flexibility index (Phi) is 5.10. The molecule has 0 radical (unpaired) electrons. The van der Waals surface area contributed by atoms with E-state index in [-0.39, 0.29) is 11.8 Å². The highest BCUT2D eigenvalue weighted by atomic mass is 16.3. The van der Waals surface area contributed by atoms with Crippen LogP contribution in [0.25, 0.3) is 0 Å². The molecular weight excluding hydrogens is 322 g/mol. The molecule has 0 unspecified atom stereocenters. The third kappa shape index (κ3) is 4.01. The van der Waals surface area contributed by atoms with Crippen LogP contribution in [0.1, 0.15) is 30.6 Å². The molecule has 0 spiro atoms. The molecule has 1 atom stereocenters. The van der Waals surface area contributed by atoms with Crippen molar-refractivity contribution in [1.29, 1.82) is 0 Å². The van der Waals surface area contributed by atoms with Gasteiger partial charge >= 0.3 is 0 Å². The zero-order valence-electron chi connectivity index (χ0n) is 15.0. The second kappa shape index (κ2) is 7.13. The molecule has 2 aliphatic rings. The molecule has 8 heteroatoms. The number of carbonyl (C=O) groups is 2. The molecule has 2 fully saturated rings. The van der Waals surface area contributed by atoms with Crippen molar-refractivity contribution in [2.24, 2.45) is 0 Å². The highest BCUT2D eigenvalue weighted by Gasteiger charge is 2.40. The van der Waals surface area contributed by atoms with Gasteiger partial charge in [-0.25, -0.2) is 0 Å². The van der Waals surface area contributed by atoms with Crippen LogP contribution < -0.4 is 0 Å². The van der Waals surface area contributed by atoms with Crippen LogP contribution >= 0.6 is 0 Å². The van der Waals surface area contributed by atoms with E-state index >= 15 is 0 Å². The van der Waals surface area contributed by atoms with Gasteiger partial charge in [0.15, 0.2) is 0 Å². The number of β-amino-alcohol motifs (C(OH)–C–C–N with tert-alkyl or cyclic N) is 1. The second-order valence-corrected chi connectivity index (χ2v) is 7.07. The van der Waals surface area contributed by atoms with Crippen LogP contribution in [0.15, 0.2) is 12.4 Å². The Morgan fingerprint density at radius 1 is 1.20 bits per heavy atom. The number of nitrogens with zero attached hydrogens (tertiary/aromatic N) is 5. The van der Waals surface area contributed by atoms with E-state index in [4.69, 9.17) is 0 Å². The third-order valence-electron chi connectivity index (χ3n) is 5.16. The van der Waals surface area contributed by atoms with Gasteiger partial charge in [0.1, 0.15) is 0 Å². The van der Waals surface area contributed by atoms with E-state index in [1.54, 1.807) is 28.9 Å². The van der Waals surface area contributed by atoms with Crippen molar-refractivity contribution in [1.82, 2.24) is 24.5 Å². The predicted octanol–water partition coefficient (Wildman–Crippen LogP) is -0.356. The first kappa shape index (κ1) is 17.9. The molecule has 2 amide bonds. The smallest absolute Gasteiger partial charge is 0.257 e. The van der Waals surface area contributed by atoms with Crippen molar-refractivity contribution in [3.05, 3.63) is 18.0 Å². The maximum absolute atomic E-state index is 12.6. The maximum Gasteiger partial charge on any atom is 0.257 e. The van der Waals surface area contributed by atoms with Crippen molar-refractivity contribution in [2.45, 2.75) is 32.4 Å². The second-order valence-electron chi connectivity index (χ2n) is 7.07. The van der Waals surface area contributed by atoms with Gasteiger partial charge in [-0.05, 0) is 13.3 Å². The van der Waals surface area contributed by atoms with Gasteiger partial charge in [0, 0.05) is 58.9 Å². The number of aliphatic hydroxyl groups is 1. The summed E-state index contributed by atoms with van der Waals surface area (Å²) in [7, 11) is 0. The molecule has 1 N–H and O–H groups in total. The Bertz CT molecular complexity index is 638. The first-order valence-electron chi connectivity index (χ1n) is 8.92. The molecule has 0 aliphatic carbocycles. The predicted molar refractivity (Wildman–Crippen MR) is 92.1 cm³/mol. The Morgan fingerprint density at radius 2 is 1.92 bits per heavy atom. The molecule has 1 aromatic rings. The van der Waals surface area contributed by atoms with E-state index in [0.717, 1.165) is 19.6 Å². The zero-order valence-corrected chi connectivity index (χ0v) is 15.0. The number of hydrogen-bond donors (Lipinski definition) is 1. The summed E-state index contributed by atoms with van der Waals surface area (Å²) in [4.78, 5) is 29.7. The topological polar surface area (TPSA) is 81.9 Å². The summed E-state index contributed by atoms with van der Waals surface area (Å²) in [6, 6.07) is 0. The Morgan fingerprint density at radius 3 is 2.52 bits per heavy atom. The molecule has 25 heavy (non-hydrogen) atoms. The van der Waals surface area contributed by atoms with E-state index in [1.165, 1.54) is 0 Å². The molecule has 2 aliphatic heterocycles. The van der Waals surface area contributed by atoms with Crippen LogP contribution in [0.5, 0.6) is 0 Å². The van der Waals surface area contributed by atoms with Gasteiger partial charge in [0.2, 0.25) is 5.91 Å². The third-order valence-corrected chi connectivity index (χ3v) is 5.16. The summed E-state index contributed by atoms with van der Waals surface area (Å²) in [5, 5.41) is 15.0. The average molecular weight is 349 g/mol. The van der Waals surface area contributed by atoms with Crippen LogP contribution in [0.2, 0.25) is 0 Å².